The first-order valence-corrected chi connectivity index (χ1v) is 8.47. The molecule has 3 aromatic rings. The number of hydrogen-bond donors (Lipinski definition) is 1. The van der Waals surface area contributed by atoms with Gasteiger partial charge in [-0.1, -0.05) is 65.8 Å². The lowest BCUT2D eigenvalue weighted by Crippen LogP contribution is -2.24. The Morgan fingerprint density at radius 1 is 1.00 bits per heavy atom. The van der Waals surface area contributed by atoms with Crippen molar-refractivity contribution in [1.29, 1.82) is 0 Å². The molecule has 0 unspecified atom stereocenters. The molecule has 1 heterocycles. The van der Waals surface area contributed by atoms with Crippen LogP contribution in [0.5, 0.6) is 0 Å². The largest absolute Gasteiger partial charge is 0.387 e. The molecule has 0 aliphatic rings. The molecule has 1 aromatic heterocycles. The molecular formula is C20H23N3O2. The standard InChI is InChI=1S/C20H23N3O2/c1-23(14-18(24)17-10-6-3-7-11-17)15-20-21-19(22-25-20)13-12-16-8-4-2-5-9-16/h2-11,18,24H,12-15H2,1H3/t18-/m0/s1. The van der Waals surface area contributed by atoms with Gasteiger partial charge in [0.15, 0.2) is 5.82 Å². The van der Waals surface area contributed by atoms with Gasteiger partial charge in [-0.2, -0.15) is 4.98 Å². The molecule has 0 aliphatic heterocycles. The Bertz CT molecular complexity index is 759. The summed E-state index contributed by atoms with van der Waals surface area (Å²) in [6.45, 7) is 1.02. The minimum Gasteiger partial charge on any atom is -0.387 e. The van der Waals surface area contributed by atoms with Gasteiger partial charge in [0.2, 0.25) is 5.89 Å². The quantitative estimate of drug-likeness (QED) is 0.684. The third-order valence-electron chi connectivity index (χ3n) is 4.06. The second kappa shape index (κ2) is 8.55. The summed E-state index contributed by atoms with van der Waals surface area (Å²) in [5.74, 6) is 1.29. The molecule has 1 N–H and O–H groups in total. The summed E-state index contributed by atoms with van der Waals surface area (Å²) in [5, 5.41) is 14.3. The summed E-state index contributed by atoms with van der Waals surface area (Å²) >= 11 is 0. The highest BCUT2D eigenvalue weighted by atomic mass is 16.5. The van der Waals surface area contributed by atoms with Gasteiger partial charge in [0.25, 0.3) is 0 Å². The molecule has 3 rings (SSSR count). The van der Waals surface area contributed by atoms with Crippen LogP contribution in [0.15, 0.2) is 65.2 Å². The molecule has 5 nitrogen and oxygen atoms in total. The highest BCUT2D eigenvalue weighted by molar-refractivity contribution is 5.17. The van der Waals surface area contributed by atoms with Gasteiger partial charge in [-0.25, -0.2) is 0 Å². The number of aryl methyl sites for hydroxylation is 2. The van der Waals surface area contributed by atoms with E-state index in [1.807, 2.05) is 60.5 Å². The van der Waals surface area contributed by atoms with E-state index in [4.69, 9.17) is 4.52 Å². The minimum absolute atomic E-state index is 0.506. The molecule has 0 saturated heterocycles. The van der Waals surface area contributed by atoms with Crippen LogP contribution in [0.1, 0.15) is 28.9 Å². The van der Waals surface area contributed by atoms with E-state index >= 15 is 0 Å². The maximum absolute atomic E-state index is 10.3. The average molecular weight is 337 g/mol. The molecule has 130 valence electrons. The van der Waals surface area contributed by atoms with Crippen LogP contribution in [0.3, 0.4) is 0 Å². The molecule has 0 bridgehead atoms. The maximum Gasteiger partial charge on any atom is 0.240 e. The van der Waals surface area contributed by atoms with Crippen molar-refractivity contribution in [2.45, 2.75) is 25.5 Å². The number of likely N-dealkylation sites (N-methyl/N-ethyl adjacent to an activating group) is 1. The lowest BCUT2D eigenvalue weighted by molar-refractivity contribution is 0.118. The third-order valence-corrected chi connectivity index (χ3v) is 4.06. The normalized spacial score (nSPS) is 12.4. The lowest BCUT2D eigenvalue weighted by Gasteiger charge is -2.19. The Labute approximate surface area is 147 Å². The van der Waals surface area contributed by atoms with Crippen LogP contribution in [-0.4, -0.2) is 33.7 Å². The van der Waals surface area contributed by atoms with Gasteiger partial charge in [0.1, 0.15) is 0 Å². The molecular weight excluding hydrogens is 314 g/mol. The first kappa shape index (κ1) is 17.3. The second-order valence-electron chi connectivity index (χ2n) is 6.21. The molecule has 0 spiro atoms. The fraction of sp³-hybridized carbons (Fsp3) is 0.300. The van der Waals surface area contributed by atoms with Crippen LogP contribution < -0.4 is 0 Å². The van der Waals surface area contributed by atoms with Crippen molar-refractivity contribution in [2.75, 3.05) is 13.6 Å². The Morgan fingerprint density at radius 2 is 1.68 bits per heavy atom. The zero-order chi connectivity index (χ0) is 17.5. The van der Waals surface area contributed by atoms with Crippen LogP contribution in [0, 0.1) is 0 Å². The Hall–Kier alpha value is -2.50. The molecule has 25 heavy (non-hydrogen) atoms. The number of nitrogens with zero attached hydrogens (tertiary/aromatic N) is 3. The van der Waals surface area contributed by atoms with Crippen LogP contribution in [0.25, 0.3) is 0 Å². The highest BCUT2D eigenvalue weighted by Gasteiger charge is 2.14. The maximum atomic E-state index is 10.3. The van der Waals surface area contributed by atoms with Crippen molar-refractivity contribution in [1.82, 2.24) is 15.0 Å². The van der Waals surface area contributed by atoms with E-state index in [0.29, 0.717) is 19.0 Å². The van der Waals surface area contributed by atoms with Crippen molar-refractivity contribution in [3.05, 3.63) is 83.5 Å². The van der Waals surface area contributed by atoms with Gasteiger partial charge in [-0.3, -0.25) is 4.90 Å². The summed E-state index contributed by atoms with van der Waals surface area (Å²) in [7, 11) is 1.93. The topological polar surface area (TPSA) is 62.4 Å². The van der Waals surface area contributed by atoms with Crippen molar-refractivity contribution >= 4 is 0 Å². The molecule has 0 aliphatic carbocycles. The SMILES string of the molecule is CN(Cc1nc(CCc2ccccc2)no1)C[C@H](O)c1ccccc1. The van der Waals surface area contributed by atoms with Crippen LogP contribution in [0.2, 0.25) is 0 Å². The van der Waals surface area contributed by atoms with Gasteiger partial charge in [-0.05, 0) is 24.6 Å². The van der Waals surface area contributed by atoms with Crippen molar-refractivity contribution in [2.24, 2.45) is 0 Å². The second-order valence-corrected chi connectivity index (χ2v) is 6.21. The smallest absolute Gasteiger partial charge is 0.240 e. The van der Waals surface area contributed by atoms with Crippen LogP contribution in [-0.2, 0) is 19.4 Å². The Balaban J connectivity index is 1.49. The summed E-state index contributed by atoms with van der Waals surface area (Å²) in [6, 6.07) is 19.9. The summed E-state index contributed by atoms with van der Waals surface area (Å²) in [4.78, 5) is 6.42. The van der Waals surface area contributed by atoms with E-state index < -0.39 is 6.10 Å². The van der Waals surface area contributed by atoms with Crippen LogP contribution in [0.4, 0.5) is 0 Å². The summed E-state index contributed by atoms with van der Waals surface area (Å²) in [6.07, 6.45) is 1.11. The average Bonchev–Trinajstić information content (AvgIpc) is 3.08. The monoisotopic (exact) mass is 337 g/mol. The van der Waals surface area contributed by atoms with Gasteiger partial charge >= 0.3 is 0 Å². The van der Waals surface area contributed by atoms with Crippen LogP contribution >= 0.6 is 0 Å². The van der Waals surface area contributed by atoms with Gasteiger partial charge in [-0.15, -0.1) is 0 Å². The van der Waals surface area contributed by atoms with E-state index in [1.54, 1.807) is 0 Å². The fourth-order valence-corrected chi connectivity index (χ4v) is 2.73. The molecule has 0 saturated carbocycles. The predicted octanol–water partition coefficient (Wildman–Crippen LogP) is 3.02. The molecule has 0 fully saturated rings. The predicted molar refractivity (Wildman–Crippen MR) is 95.9 cm³/mol. The first-order valence-electron chi connectivity index (χ1n) is 8.47. The highest BCUT2D eigenvalue weighted by Crippen LogP contribution is 2.14. The summed E-state index contributed by atoms with van der Waals surface area (Å²) in [5.41, 5.74) is 2.17. The number of hydrogen-bond acceptors (Lipinski definition) is 5. The molecule has 0 radical (unpaired) electrons. The summed E-state index contributed by atoms with van der Waals surface area (Å²) < 4.78 is 5.33. The number of benzene rings is 2. The molecule has 1 atom stereocenters. The van der Waals surface area contributed by atoms with Crippen molar-refractivity contribution < 1.29 is 9.63 Å². The first-order chi connectivity index (χ1) is 12.2. The zero-order valence-corrected chi connectivity index (χ0v) is 14.4. The third kappa shape index (κ3) is 5.24. The van der Waals surface area contributed by atoms with E-state index in [-0.39, 0.29) is 0 Å². The zero-order valence-electron chi connectivity index (χ0n) is 14.4. The lowest BCUT2D eigenvalue weighted by atomic mass is 10.1. The van der Waals surface area contributed by atoms with Gasteiger partial charge in [0, 0.05) is 13.0 Å². The molecule has 5 heteroatoms. The van der Waals surface area contributed by atoms with E-state index in [1.165, 1.54) is 5.56 Å². The van der Waals surface area contributed by atoms with Crippen molar-refractivity contribution in [3.63, 3.8) is 0 Å². The molecule has 2 aromatic carbocycles. The van der Waals surface area contributed by atoms with E-state index in [2.05, 4.69) is 22.3 Å². The number of aliphatic hydroxyl groups is 1. The Morgan fingerprint density at radius 3 is 2.40 bits per heavy atom. The van der Waals surface area contributed by atoms with E-state index in [9.17, 15) is 5.11 Å². The van der Waals surface area contributed by atoms with Gasteiger partial charge < -0.3 is 9.63 Å². The minimum atomic E-state index is -0.535. The number of aliphatic hydroxyl groups excluding tert-OH is 1. The Kier molecular flexibility index (Phi) is 5.93. The number of rotatable bonds is 8. The molecule has 0 amide bonds. The van der Waals surface area contributed by atoms with Gasteiger partial charge in [0.05, 0.1) is 12.6 Å². The van der Waals surface area contributed by atoms with Crippen molar-refractivity contribution in [3.8, 4) is 0 Å². The van der Waals surface area contributed by atoms with E-state index in [0.717, 1.165) is 24.2 Å². The number of aromatic nitrogens is 2. The fourth-order valence-electron chi connectivity index (χ4n) is 2.73.